The topological polar surface area (TPSA) is 66.8 Å². The second kappa shape index (κ2) is 7.38. The summed E-state index contributed by atoms with van der Waals surface area (Å²) in [6.07, 6.45) is 6.98. The van der Waals surface area contributed by atoms with Crippen molar-refractivity contribution in [1.82, 2.24) is 24.6 Å². The van der Waals surface area contributed by atoms with E-state index < -0.39 is 0 Å². The van der Waals surface area contributed by atoms with Gasteiger partial charge < -0.3 is 14.5 Å². The zero-order valence-electron chi connectivity index (χ0n) is 17.4. The normalized spacial score (nSPS) is 18.7. The van der Waals surface area contributed by atoms with E-state index >= 15 is 0 Å². The lowest BCUT2D eigenvalue weighted by Gasteiger charge is -2.17. The van der Waals surface area contributed by atoms with Crippen molar-refractivity contribution in [2.75, 3.05) is 13.1 Å². The fourth-order valence-electron chi connectivity index (χ4n) is 4.71. The van der Waals surface area contributed by atoms with Crippen LogP contribution in [-0.4, -0.2) is 43.6 Å². The number of carbonyl (C=O) groups is 1. The molecule has 1 aliphatic carbocycles. The molecule has 4 aromatic rings. The summed E-state index contributed by atoms with van der Waals surface area (Å²) < 4.78 is 2.14. The number of amides is 1. The number of rotatable bonds is 5. The Morgan fingerprint density at radius 1 is 1.00 bits per heavy atom. The van der Waals surface area contributed by atoms with Gasteiger partial charge in [-0.2, -0.15) is 0 Å². The number of likely N-dealkylation sites (tertiary alicyclic amines) is 1. The molecule has 1 amide bonds. The van der Waals surface area contributed by atoms with Crippen molar-refractivity contribution in [2.45, 2.75) is 25.8 Å². The third-order valence-corrected chi connectivity index (χ3v) is 6.62. The number of aromatic amines is 1. The van der Waals surface area contributed by atoms with E-state index in [2.05, 4.69) is 73.2 Å². The summed E-state index contributed by atoms with van der Waals surface area (Å²) in [5, 5.41) is 9.77. The van der Waals surface area contributed by atoms with E-state index in [1.54, 1.807) is 0 Å². The van der Waals surface area contributed by atoms with Crippen molar-refractivity contribution < 1.29 is 4.79 Å². The summed E-state index contributed by atoms with van der Waals surface area (Å²) in [5.74, 6) is 2.02. The number of benzene rings is 2. The highest BCUT2D eigenvalue weighted by atomic mass is 16.2. The van der Waals surface area contributed by atoms with Gasteiger partial charge >= 0.3 is 0 Å². The molecule has 0 bridgehead atoms. The van der Waals surface area contributed by atoms with Crippen molar-refractivity contribution in [3.8, 4) is 22.5 Å². The number of aromatic nitrogens is 4. The minimum Gasteiger partial charge on any atom is -0.361 e. The summed E-state index contributed by atoms with van der Waals surface area (Å²) in [6.45, 7) is 2.59. The van der Waals surface area contributed by atoms with Crippen molar-refractivity contribution in [2.24, 2.45) is 11.8 Å². The Balaban J connectivity index is 1.18. The molecule has 1 saturated heterocycles. The molecular formula is C25H25N5O. The van der Waals surface area contributed by atoms with Crippen LogP contribution < -0.4 is 0 Å². The molecule has 2 aliphatic rings. The van der Waals surface area contributed by atoms with Crippen molar-refractivity contribution in [1.29, 1.82) is 0 Å². The van der Waals surface area contributed by atoms with Crippen LogP contribution >= 0.6 is 0 Å². The summed E-state index contributed by atoms with van der Waals surface area (Å²) in [5.41, 5.74) is 4.60. The number of hydrogen-bond acceptors (Lipinski definition) is 3. The first-order chi connectivity index (χ1) is 15.2. The summed E-state index contributed by atoms with van der Waals surface area (Å²) in [6, 6.07) is 17.1. The zero-order valence-corrected chi connectivity index (χ0v) is 17.4. The average molecular weight is 412 g/mol. The van der Waals surface area contributed by atoms with E-state index in [9.17, 15) is 4.79 Å². The standard InChI is InChI=1S/C25H25N5O/c31-25(20-5-6-20)29-12-10-17(14-29)15-30-16-27-28-24(30)19-3-1-18(2-4-19)21-7-8-23-22(13-21)9-11-26-23/h1-4,7-9,11,13,16-17,20,26H,5-6,10,12,14-15H2/t17-/m1/s1. The zero-order chi connectivity index (χ0) is 20.8. The summed E-state index contributed by atoms with van der Waals surface area (Å²) in [7, 11) is 0. The minimum atomic E-state index is 0.306. The predicted molar refractivity (Wildman–Crippen MR) is 120 cm³/mol. The molecule has 2 aromatic carbocycles. The van der Waals surface area contributed by atoms with Crippen molar-refractivity contribution >= 4 is 16.8 Å². The van der Waals surface area contributed by atoms with Gasteiger partial charge in [-0.1, -0.05) is 30.3 Å². The van der Waals surface area contributed by atoms with E-state index in [1.807, 2.05) is 12.5 Å². The van der Waals surface area contributed by atoms with E-state index in [0.717, 1.165) is 55.8 Å². The number of nitrogens with one attached hydrogen (secondary N) is 1. The number of hydrogen-bond donors (Lipinski definition) is 1. The molecule has 1 saturated carbocycles. The van der Waals surface area contributed by atoms with E-state index in [4.69, 9.17) is 0 Å². The summed E-state index contributed by atoms with van der Waals surface area (Å²) >= 11 is 0. The molecule has 156 valence electrons. The van der Waals surface area contributed by atoms with Gasteiger partial charge in [0.2, 0.25) is 5.91 Å². The second-order valence-corrected chi connectivity index (χ2v) is 8.88. The second-order valence-electron chi connectivity index (χ2n) is 8.88. The average Bonchev–Trinajstić information content (AvgIpc) is 3.17. The molecule has 0 radical (unpaired) electrons. The van der Waals surface area contributed by atoms with Gasteiger partial charge in [0.25, 0.3) is 0 Å². The summed E-state index contributed by atoms with van der Waals surface area (Å²) in [4.78, 5) is 17.6. The van der Waals surface area contributed by atoms with Crippen molar-refractivity contribution in [3.63, 3.8) is 0 Å². The highest BCUT2D eigenvalue weighted by Crippen LogP contribution is 2.33. The van der Waals surface area contributed by atoms with Crippen LogP contribution in [0.3, 0.4) is 0 Å². The number of carbonyl (C=O) groups excluding carboxylic acids is 1. The maximum absolute atomic E-state index is 12.3. The fourth-order valence-corrected chi connectivity index (χ4v) is 4.71. The number of fused-ring (bicyclic) bond motifs is 1. The Kier molecular flexibility index (Phi) is 4.37. The van der Waals surface area contributed by atoms with Crippen LogP contribution in [0.1, 0.15) is 19.3 Å². The Hall–Kier alpha value is -3.41. The van der Waals surface area contributed by atoms with Gasteiger partial charge in [-0.25, -0.2) is 0 Å². The third kappa shape index (κ3) is 3.52. The maximum Gasteiger partial charge on any atom is 0.225 e. The van der Waals surface area contributed by atoms with Gasteiger partial charge in [-0.05, 0) is 59.9 Å². The van der Waals surface area contributed by atoms with Crippen LogP contribution in [-0.2, 0) is 11.3 Å². The first-order valence-electron chi connectivity index (χ1n) is 11.1. The van der Waals surface area contributed by atoms with Crippen LogP contribution in [0.25, 0.3) is 33.4 Å². The van der Waals surface area contributed by atoms with Gasteiger partial charge in [-0.15, -0.1) is 10.2 Å². The van der Waals surface area contributed by atoms with Crippen LogP contribution in [0, 0.1) is 11.8 Å². The maximum atomic E-state index is 12.3. The Morgan fingerprint density at radius 3 is 2.65 bits per heavy atom. The van der Waals surface area contributed by atoms with Crippen molar-refractivity contribution in [3.05, 3.63) is 61.1 Å². The molecule has 0 unspecified atom stereocenters. The Labute approximate surface area is 180 Å². The first-order valence-corrected chi connectivity index (χ1v) is 11.1. The largest absolute Gasteiger partial charge is 0.361 e. The van der Waals surface area contributed by atoms with Crippen LogP contribution in [0.5, 0.6) is 0 Å². The van der Waals surface area contributed by atoms with Gasteiger partial charge in [0.1, 0.15) is 6.33 Å². The highest BCUT2D eigenvalue weighted by molar-refractivity contribution is 5.85. The van der Waals surface area contributed by atoms with E-state index in [1.165, 1.54) is 16.5 Å². The lowest BCUT2D eigenvalue weighted by atomic mass is 10.0. The Morgan fingerprint density at radius 2 is 1.81 bits per heavy atom. The van der Waals surface area contributed by atoms with Gasteiger partial charge in [0.15, 0.2) is 5.82 Å². The van der Waals surface area contributed by atoms with Crippen LogP contribution in [0.15, 0.2) is 61.1 Å². The predicted octanol–water partition coefficient (Wildman–Crippen LogP) is 4.35. The fraction of sp³-hybridized carbons (Fsp3) is 0.320. The van der Waals surface area contributed by atoms with Crippen LogP contribution in [0.4, 0.5) is 0 Å². The lowest BCUT2D eigenvalue weighted by Crippen LogP contribution is -2.30. The third-order valence-electron chi connectivity index (χ3n) is 6.62. The molecule has 6 rings (SSSR count). The minimum absolute atomic E-state index is 0.306. The molecule has 3 heterocycles. The molecule has 2 aromatic heterocycles. The molecule has 31 heavy (non-hydrogen) atoms. The van der Waals surface area contributed by atoms with Gasteiger partial charge in [-0.3, -0.25) is 4.79 Å². The highest BCUT2D eigenvalue weighted by Gasteiger charge is 2.36. The molecule has 2 fully saturated rings. The molecule has 0 spiro atoms. The molecule has 6 heteroatoms. The lowest BCUT2D eigenvalue weighted by molar-refractivity contribution is -0.131. The van der Waals surface area contributed by atoms with Gasteiger partial charge in [0.05, 0.1) is 0 Å². The molecule has 1 N–H and O–H groups in total. The molecule has 1 atom stereocenters. The molecule has 6 nitrogen and oxygen atoms in total. The molecular weight excluding hydrogens is 386 g/mol. The SMILES string of the molecule is O=C(C1CC1)N1CC[C@@H](Cn2cnnc2-c2ccc(-c3ccc4[nH]ccc4c3)cc2)C1. The molecule has 1 aliphatic heterocycles. The smallest absolute Gasteiger partial charge is 0.225 e. The van der Waals surface area contributed by atoms with Gasteiger partial charge in [0, 0.05) is 42.8 Å². The first kappa shape index (κ1) is 18.4. The number of nitrogens with zero attached hydrogens (tertiary/aromatic N) is 4. The van der Waals surface area contributed by atoms with E-state index in [-0.39, 0.29) is 0 Å². The monoisotopic (exact) mass is 411 g/mol. The number of H-pyrrole nitrogens is 1. The quantitative estimate of drug-likeness (QED) is 0.531. The van der Waals surface area contributed by atoms with Crippen LogP contribution in [0.2, 0.25) is 0 Å². The van der Waals surface area contributed by atoms with E-state index in [0.29, 0.717) is 17.7 Å². The Bertz CT molecular complexity index is 1230.